The van der Waals surface area contributed by atoms with Gasteiger partial charge in [-0.3, -0.25) is 15.0 Å². The Morgan fingerprint density at radius 2 is 2.18 bits per heavy atom. The zero-order chi connectivity index (χ0) is 19.5. The number of carbonyl (C=O) groups excluding carboxylic acids is 1. The summed E-state index contributed by atoms with van der Waals surface area (Å²) >= 11 is 1.39. The van der Waals surface area contributed by atoms with Gasteiger partial charge in [-0.2, -0.15) is 0 Å². The molecule has 1 aliphatic rings. The van der Waals surface area contributed by atoms with E-state index >= 15 is 0 Å². The lowest BCUT2D eigenvalue weighted by Gasteiger charge is -2.19. The smallest absolute Gasteiger partial charge is 0.313 e. The fraction of sp³-hybridized carbons (Fsp3) is 0.350. The number of oxazole rings is 1. The maximum atomic E-state index is 12.4. The number of thiazole rings is 1. The van der Waals surface area contributed by atoms with Crippen molar-refractivity contribution >= 4 is 22.4 Å². The molecule has 28 heavy (non-hydrogen) atoms. The van der Waals surface area contributed by atoms with Gasteiger partial charge in [0, 0.05) is 37.9 Å². The molecular formula is C20H22N4O3S. The summed E-state index contributed by atoms with van der Waals surface area (Å²) in [5.41, 5.74) is 2.96. The Balaban J connectivity index is 1.39. The second-order valence-corrected chi connectivity index (χ2v) is 7.62. The molecule has 1 amide bonds. The minimum atomic E-state index is -0.351. The van der Waals surface area contributed by atoms with E-state index in [0.29, 0.717) is 5.13 Å². The number of nitrogens with zero attached hydrogens (tertiary/aromatic N) is 3. The molecule has 8 heteroatoms. The predicted octanol–water partition coefficient (Wildman–Crippen LogP) is 3.30. The summed E-state index contributed by atoms with van der Waals surface area (Å²) in [4.78, 5) is 23.4. The quantitative estimate of drug-likeness (QED) is 0.710. The zero-order valence-electron chi connectivity index (χ0n) is 15.9. The molecule has 1 N–H and O–H groups in total. The normalized spacial score (nSPS) is 14.4. The number of carbonyl (C=O) groups is 1. The van der Waals surface area contributed by atoms with Crippen molar-refractivity contribution in [2.24, 2.45) is 0 Å². The molecule has 7 nitrogen and oxygen atoms in total. The summed E-state index contributed by atoms with van der Waals surface area (Å²) in [6.07, 6.45) is 1.49. The maximum Gasteiger partial charge on any atom is 0.313 e. The first-order valence-corrected chi connectivity index (χ1v) is 10.1. The van der Waals surface area contributed by atoms with Crippen molar-refractivity contribution < 1.29 is 13.9 Å². The minimum absolute atomic E-state index is 0.110. The summed E-state index contributed by atoms with van der Waals surface area (Å²) in [6, 6.07) is 8.12. The van der Waals surface area contributed by atoms with Crippen LogP contribution in [0, 0.1) is 6.92 Å². The monoisotopic (exact) mass is 398 g/mol. The summed E-state index contributed by atoms with van der Waals surface area (Å²) in [5, 5.41) is 5.19. The fourth-order valence-corrected chi connectivity index (χ4v) is 3.94. The molecule has 1 aromatic carbocycles. The molecule has 0 aliphatic carbocycles. The molecule has 2 aromatic heterocycles. The topological polar surface area (TPSA) is 80.5 Å². The number of fused-ring (bicyclic) bond motifs is 1. The average Bonchev–Trinajstić information content (AvgIpc) is 3.25. The number of hydrogen-bond donors (Lipinski definition) is 1. The van der Waals surface area contributed by atoms with Crippen LogP contribution in [-0.4, -0.2) is 41.0 Å². The van der Waals surface area contributed by atoms with Crippen molar-refractivity contribution in [3.63, 3.8) is 0 Å². The van der Waals surface area contributed by atoms with Gasteiger partial charge in [0.25, 0.3) is 5.89 Å². The molecule has 0 saturated carbocycles. The van der Waals surface area contributed by atoms with Crippen LogP contribution < -0.4 is 10.1 Å². The van der Waals surface area contributed by atoms with Gasteiger partial charge in [-0.1, -0.05) is 12.1 Å². The van der Waals surface area contributed by atoms with Crippen LogP contribution in [0.2, 0.25) is 0 Å². The van der Waals surface area contributed by atoms with Gasteiger partial charge < -0.3 is 9.15 Å². The van der Waals surface area contributed by atoms with E-state index in [0.717, 1.165) is 55.4 Å². The van der Waals surface area contributed by atoms with E-state index in [1.165, 1.54) is 16.9 Å². The molecule has 0 saturated heterocycles. The second-order valence-electron chi connectivity index (χ2n) is 6.76. The largest absolute Gasteiger partial charge is 0.497 e. The van der Waals surface area contributed by atoms with Crippen LogP contribution in [0.3, 0.4) is 0 Å². The van der Waals surface area contributed by atoms with Gasteiger partial charge in [0.2, 0.25) is 0 Å². The Morgan fingerprint density at radius 1 is 1.32 bits per heavy atom. The highest BCUT2D eigenvalue weighted by molar-refractivity contribution is 7.13. The molecule has 0 atom stereocenters. The van der Waals surface area contributed by atoms with E-state index in [2.05, 4.69) is 32.3 Å². The molecule has 3 aromatic rings. The lowest BCUT2D eigenvalue weighted by Crippen LogP contribution is -2.26. The number of aryl methyl sites for hydroxylation is 1. The van der Waals surface area contributed by atoms with Crippen LogP contribution in [0.25, 0.3) is 0 Å². The molecule has 0 bridgehead atoms. The predicted molar refractivity (Wildman–Crippen MR) is 107 cm³/mol. The Kier molecular flexibility index (Phi) is 5.40. The van der Waals surface area contributed by atoms with E-state index in [1.54, 1.807) is 7.11 Å². The van der Waals surface area contributed by atoms with Gasteiger partial charge in [0.15, 0.2) is 5.13 Å². The number of rotatable bonds is 5. The summed E-state index contributed by atoms with van der Waals surface area (Å²) in [6.45, 7) is 4.45. The molecule has 0 radical (unpaired) electrons. The number of aromatic nitrogens is 2. The van der Waals surface area contributed by atoms with E-state index in [-0.39, 0.29) is 11.8 Å². The standard InChI is InChI=1S/C20H22N4O3S/c1-13-12-28-20(21-13)23-18(25)19-22-16-6-8-24(9-7-17(16)27-19)11-14-4-3-5-15(10-14)26-2/h3-5,10,12H,6-9,11H2,1-2H3,(H,21,23,25). The summed E-state index contributed by atoms with van der Waals surface area (Å²) in [7, 11) is 1.68. The third kappa shape index (κ3) is 4.23. The molecular weight excluding hydrogens is 376 g/mol. The number of amides is 1. The highest BCUT2D eigenvalue weighted by Crippen LogP contribution is 2.21. The third-order valence-electron chi connectivity index (χ3n) is 4.67. The number of benzene rings is 1. The molecule has 0 spiro atoms. The Bertz CT molecular complexity index is 956. The number of nitrogens with one attached hydrogen (secondary N) is 1. The maximum absolute atomic E-state index is 12.4. The number of methoxy groups -OCH3 is 1. The van der Waals surface area contributed by atoms with Crippen molar-refractivity contribution in [3.8, 4) is 5.75 Å². The van der Waals surface area contributed by atoms with Crippen LogP contribution in [0.1, 0.15) is 33.4 Å². The van der Waals surface area contributed by atoms with Gasteiger partial charge in [0.1, 0.15) is 11.5 Å². The first-order chi connectivity index (χ1) is 13.6. The van der Waals surface area contributed by atoms with Gasteiger partial charge >= 0.3 is 5.91 Å². The summed E-state index contributed by atoms with van der Waals surface area (Å²) in [5.74, 6) is 1.43. The average molecular weight is 398 g/mol. The minimum Gasteiger partial charge on any atom is -0.497 e. The van der Waals surface area contributed by atoms with Crippen molar-refractivity contribution in [1.82, 2.24) is 14.9 Å². The highest BCUT2D eigenvalue weighted by Gasteiger charge is 2.23. The second kappa shape index (κ2) is 8.12. The van der Waals surface area contributed by atoms with Crippen molar-refractivity contribution in [3.05, 3.63) is 58.2 Å². The van der Waals surface area contributed by atoms with Gasteiger partial charge in [-0.15, -0.1) is 11.3 Å². The van der Waals surface area contributed by atoms with Crippen LogP contribution in [-0.2, 0) is 19.4 Å². The lowest BCUT2D eigenvalue weighted by molar-refractivity contribution is 0.0988. The number of ether oxygens (including phenoxy) is 1. The zero-order valence-corrected chi connectivity index (χ0v) is 16.7. The molecule has 146 valence electrons. The number of anilines is 1. The molecule has 0 unspecified atom stereocenters. The molecule has 0 fully saturated rings. The van der Waals surface area contributed by atoms with Gasteiger partial charge in [-0.25, -0.2) is 9.97 Å². The van der Waals surface area contributed by atoms with Crippen molar-refractivity contribution in [1.29, 1.82) is 0 Å². The van der Waals surface area contributed by atoms with E-state index < -0.39 is 0 Å². The van der Waals surface area contributed by atoms with Crippen LogP contribution >= 0.6 is 11.3 Å². The van der Waals surface area contributed by atoms with Crippen molar-refractivity contribution in [2.75, 3.05) is 25.5 Å². The fourth-order valence-electron chi connectivity index (χ4n) is 3.26. The Labute approximate surface area is 167 Å². The Morgan fingerprint density at radius 3 is 2.96 bits per heavy atom. The number of hydrogen-bond acceptors (Lipinski definition) is 7. The van der Waals surface area contributed by atoms with Gasteiger partial charge in [0.05, 0.1) is 18.5 Å². The molecule has 1 aliphatic heterocycles. The third-order valence-corrected chi connectivity index (χ3v) is 5.55. The van der Waals surface area contributed by atoms with Crippen LogP contribution in [0.5, 0.6) is 5.75 Å². The SMILES string of the molecule is COc1cccc(CN2CCc3nc(C(=O)Nc4nc(C)cs4)oc3CC2)c1. The summed E-state index contributed by atoms with van der Waals surface area (Å²) < 4.78 is 11.1. The first-order valence-electron chi connectivity index (χ1n) is 9.18. The Hall–Kier alpha value is -2.71. The molecule has 4 rings (SSSR count). The van der Waals surface area contributed by atoms with E-state index in [9.17, 15) is 4.79 Å². The van der Waals surface area contributed by atoms with E-state index in [1.807, 2.05) is 24.4 Å². The van der Waals surface area contributed by atoms with Crippen LogP contribution in [0.4, 0.5) is 5.13 Å². The molecule has 3 heterocycles. The lowest BCUT2D eigenvalue weighted by atomic mass is 10.2. The van der Waals surface area contributed by atoms with Crippen LogP contribution in [0.15, 0.2) is 34.1 Å². The van der Waals surface area contributed by atoms with E-state index in [4.69, 9.17) is 9.15 Å². The first kappa shape index (κ1) is 18.6. The highest BCUT2D eigenvalue weighted by atomic mass is 32.1. The van der Waals surface area contributed by atoms with Gasteiger partial charge in [-0.05, 0) is 24.6 Å². The van der Waals surface area contributed by atoms with Crippen molar-refractivity contribution in [2.45, 2.75) is 26.3 Å².